The molecule has 84 valence electrons. The zero-order valence-corrected chi connectivity index (χ0v) is 8.77. The van der Waals surface area contributed by atoms with Crippen LogP contribution in [0.15, 0.2) is 9.68 Å². The van der Waals surface area contributed by atoms with Crippen LogP contribution in [0.25, 0.3) is 0 Å². The summed E-state index contributed by atoms with van der Waals surface area (Å²) in [6, 6.07) is 0.0831. The molecular formula is C8H15N5O2. The van der Waals surface area contributed by atoms with Crippen molar-refractivity contribution < 1.29 is 9.73 Å². The Kier molecular flexibility index (Phi) is 4.04. The molecular weight excluding hydrogens is 198 g/mol. The lowest BCUT2D eigenvalue weighted by Gasteiger charge is -2.10. The quantitative estimate of drug-likeness (QED) is 0.275. The lowest BCUT2D eigenvalue weighted by molar-refractivity contribution is 0.315. The minimum atomic E-state index is 0.0831. The number of nitrogens with zero attached hydrogens (tertiary/aromatic N) is 3. The van der Waals surface area contributed by atoms with Gasteiger partial charge in [0.25, 0.3) is 0 Å². The molecule has 7 heteroatoms. The van der Waals surface area contributed by atoms with E-state index in [0.29, 0.717) is 24.7 Å². The SMILES string of the molecule is Cc1nc(CNC(C)CC(N)=NO)no1. The van der Waals surface area contributed by atoms with Crippen molar-refractivity contribution in [3.05, 3.63) is 11.7 Å². The summed E-state index contributed by atoms with van der Waals surface area (Å²) in [5.41, 5.74) is 5.36. The molecule has 1 unspecified atom stereocenters. The number of nitrogens with one attached hydrogen (secondary N) is 1. The van der Waals surface area contributed by atoms with Gasteiger partial charge in [-0.1, -0.05) is 10.3 Å². The summed E-state index contributed by atoms with van der Waals surface area (Å²) in [6.07, 6.45) is 0.466. The van der Waals surface area contributed by atoms with Crippen molar-refractivity contribution in [1.29, 1.82) is 0 Å². The fourth-order valence-electron chi connectivity index (χ4n) is 1.11. The third kappa shape index (κ3) is 3.94. The second-order valence-electron chi connectivity index (χ2n) is 3.31. The van der Waals surface area contributed by atoms with E-state index in [2.05, 4.69) is 20.6 Å². The molecule has 0 spiro atoms. The number of hydrogen-bond donors (Lipinski definition) is 3. The van der Waals surface area contributed by atoms with E-state index in [9.17, 15) is 0 Å². The Morgan fingerprint density at radius 2 is 2.47 bits per heavy atom. The summed E-state index contributed by atoms with van der Waals surface area (Å²) in [4.78, 5) is 4.03. The highest BCUT2D eigenvalue weighted by atomic mass is 16.5. The standard InChI is InChI=1S/C8H15N5O2/c1-5(3-7(9)12-14)10-4-8-11-6(2)15-13-8/h5,10,14H,3-4H2,1-2H3,(H2,9,12). The Labute approximate surface area is 87.3 Å². The topological polar surface area (TPSA) is 110 Å². The van der Waals surface area contributed by atoms with E-state index in [0.717, 1.165) is 0 Å². The molecule has 0 saturated carbocycles. The smallest absolute Gasteiger partial charge is 0.223 e. The summed E-state index contributed by atoms with van der Waals surface area (Å²) in [5.74, 6) is 1.33. The molecule has 15 heavy (non-hydrogen) atoms. The van der Waals surface area contributed by atoms with Gasteiger partial charge in [0.15, 0.2) is 5.82 Å². The van der Waals surface area contributed by atoms with E-state index < -0.39 is 0 Å². The maximum atomic E-state index is 8.37. The van der Waals surface area contributed by atoms with Crippen LogP contribution >= 0.6 is 0 Å². The number of hydrogen-bond acceptors (Lipinski definition) is 6. The summed E-state index contributed by atoms with van der Waals surface area (Å²) in [7, 11) is 0. The first-order valence-corrected chi connectivity index (χ1v) is 4.60. The molecule has 1 aromatic heterocycles. The monoisotopic (exact) mass is 213 g/mol. The first-order valence-electron chi connectivity index (χ1n) is 4.60. The van der Waals surface area contributed by atoms with E-state index >= 15 is 0 Å². The number of oxime groups is 1. The van der Waals surface area contributed by atoms with Crippen molar-refractivity contribution in [2.24, 2.45) is 10.9 Å². The molecule has 0 saturated heterocycles. The maximum Gasteiger partial charge on any atom is 0.223 e. The van der Waals surface area contributed by atoms with Gasteiger partial charge in [0.05, 0.1) is 6.54 Å². The van der Waals surface area contributed by atoms with Crippen molar-refractivity contribution in [3.63, 3.8) is 0 Å². The number of aryl methyl sites for hydroxylation is 1. The number of rotatable bonds is 5. The molecule has 0 bridgehead atoms. The Morgan fingerprint density at radius 3 is 3.00 bits per heavy atom. The van der Waals surface area contributed by atoms with E-state index in [-0.39, 0.29) is 11.9 Å². The molecule has 0 aliphatic heterocycles. The largest absolute Gasteiger partial charge is 0.409 e. The second-order valence-corrected chi connectivity index (χ2v) is 3.31. The van der Waals surface area contributed by atoms with Gasteiger partial charge in [-0.15, -0.1) is 0 Å². The fraction of sp³-hybridized carbons (Fsp3) is 0.625. The molecule has 0 radical (unpaired) electrons. The minimum Gasteiger partial charge on any atom is -0.409 e. The van der Waals surface area contributed by atoms with Crippen LogP contribution in [-0.2, 0) is 6.54 Å². The summed E-state index contributed by atoms with van der Waals surface area (Å²) >= 11 is 0. The normalized spacial score (nSPS) is 14.1. The van der Waals surface area contributed by atoms with Crippen molar-refractivity contribution in [3.8, 4) is 0 Å². The lowest BCUT2D eigenvalue weighted by Crippen LogP contribution is -2.31. The van der Waals surface area contributed by atoms with Gasteiger partial charge < -0.3 is 20.8 Å². The van der Waals surface area contributed by atoms with E-state index in [1.165, 1.54) is 0 Å². The second kappa shape index (κ2) is 5.30. The van der Waals surface area contributed by atoms with Crippen LogP contribution in [0.3, 0.4) is 0 Å². The number of nitrogens with two attached hydrogens (primary N) is 1. The summed E-state index contributed by atoms with van der Waals surface area (Å²) < 4.78 is 4.81. The number of amidine groups is 1. The Bertz CT molecular complexity index is 336. The van der Waals surface area contributed by atoms with Gasteiger partial charge in [-0.2, -0.15) is 4.98 Å². The first-order chi connectivity index (χ1) is 7.11. The first kappa shape index (κ1) is 11.4. The van der Waals surface area contributed by atoms with Gasteiger partial charge in [-0.05, 0) is 6.92 Å². The molecule has 7 nitrogen and oxygen atoms in total. The number of aromatic nitrogens is 2. The maximum absolute atomic E-state index is 8.37. The highest BCUT2D eigenvalue weighted by Crippen LogP contribution is 1.96. The molecule has 0 amide bonds. The Hall–Kier alpha value is -1.63. The highest BCUT2D eigenvalue weighted by Gasteiger charge is 2.07. The zero-order valence-electron chi connectivity index (χ0n) is 8.77. The fourth-order valence-corrected chi connectivity index (χ4v) is 1.11. The van der Waals surface area contributed by atoms with Crippen LogP contribution in [0.4, 0.5) is 0 Å². The lowest BCUT2D eigenvalue weighted by atomic mass is 10.2. The van der Waals surface area contributed by atoms with Crippen LogP contribution in [0, 0.1) is 6.92 Å². The predicted octanol–water partition coefficient (Wildman–Crippen LogP) is -0.00738. The molecule has 0 aliphatic rings. The van der Waals surface area contributed by atoms with Gasteiger partial charge >= 0.3 is 0 Å². The van der Waals surface area contributed by atoms with Crippen LogP contribution in [0.2, 0.25) is 0 Å². The molecule has 0 aromatic carbocycles. The van der Waals surface area contributed by atoms with E-state index in [4.69, 9.17) is 15.5 Å². The van der Waals surface area contributed by atoms with Gasteiger partial charge in [0.2, 0.25) is 5.89 Å². The average molecular weight is 213 g/mol. The molecule has 1 heterocycles. The van der Waals surface area contributed by atoms with Crippen LogP contribution in [-0.4, -0.2) is 27.2 Å². The average Bonchev–Trinajstić information content (AvgIpc) is 2.61. The molecule has 1 aromatic rings. The van der Waals surface area contributed by atoms with Gasteiger partial charge in [0, 0.05) is 19.4 Å². The Balaban J connectivity index is 2.31. The highest BCUT2D eigenvalue weighted by molar-refractivity contribution is 5.80. The minimum absolute atomic E-state index is 0.0831. The van der Waals surface area contributed by atoms with Crippen LogP contribution in [0.5, 0.6) is 0 Å². The summed E-state index contributed by atoms with van der Waals surface area (Å²) in [5, 5.41) is 18.1. The van der Waals surface area contributed by atoms with Gasteiger partial charge in [0.1, 0.15) is 5.84 Å². The molecule has 0 aliphatic carbocycles. The summed E-state index contributed by atoms with van der Waals surface area (Å²) in [6.45, 7) is 4.15. The van der Waals surface area contributed by atoms with Crippen molar-refractivity contribution in [1.82, 2.24) is 15.5 Å². The van der Waals surface area contributed by atoms with Gasteiger partial charge in [-0.3, -0.25) is 0 Å². The predicted molar refractivity (Wildman–Crippen MR) is 53.4 cm³/mol. The van der Waals surface area contributed by atoms with E-state index in [1.54, 1.807) is 6.92 Å². The van der Waals surface area contributed by atoms with Crippen molar-refractivity contribution in [2.75, 3.05) is 0 Å². The van der Waals surface area contributed by atoms with Crippen LogP contribution < -0.4 is 11.1 Å². The van der Waals surface area contributed by atoms with Crippen molar-refractivity contribution >= 4 is 5.84 Å². The molecule has 0 fully saturated rings. The van der Waals surface area contributed by atoms with Crippen LogP contribution in [0.1, 0.15) is 25.1 Å². The molecule has 1 rings (SSSR count). The Morgan fingerprint density at radius 1 is 1.73 bits per heavy atom. The third-order valence-electron chi connectivity index (χ3n) is 1.82. The van der Waals surface area contributed by atoms with Gasteiger partial charge in [-0.25, -0.2) is 0 Å². The third-order valence-corrected chi connectivity index (χ3v) is 1.82. The van der Waals surface area contributed by atoms with E-state index in [1.807, 2.05) is 6.92 Å². The molecule has 1 atom stereocenters. The zero-order chi connectivity index (χ0) is 11.3. The van der Waals surface area contributed by atoms with Crippen molar-refractivity contribution in [2.45, 2.75) is 32.9 Å². The molecule has 4 N–H and O–H groups in total.